The number of primary amides is 1. The third kappa shape index (κ3) is 4.47. The number of aromatic nitrogens is 1. The summed E-state index contributed by atoms with van der Waals surface area (Å²) in [6, 6.07) is 0. The molecule has 1 aromatic rings. The smallest absolute Gasteiger partial charge is 0.255 e. The highest BCUT2D eigenvalue weighted by molar-refractivity contribution is 7.11. The summed E-state index contributed by atoms with van der Waals surface area (Å²) >= 11 is 1.13. The minimum Gasteiger partial charge on any atom is -0.382 e. The van der Waals surface area contributed by atoms with E-state index in [0.717, 1.165) is 18.0 Å². The minimum absolute atomic E-state index is 0.173. The van der Waals surface area contributed by atoms with Crippen molar-refractivity contribution in [3.05, 3.63) is 5.56 Å². The van der Waals surface area contributed by atoms with Crippen LogP contribution in [0.5, 0.6) is 0 Å². The fourth-order valence-electron chi connectivity index (χ4n) is 1.28. The van der Waals surface area contributed by atoms with E-state index in [9.17, 15) is 4.79 Å². The molecule has 0 saturated heterocycles. The number of methoxy groups -OCH3 is 1. The van der Waals surface area contributed by atoms with E-state index in [1.54, 1.807) is 7.11 Å². The summed E-state index contributed by atoms with van der Waals surface area (Å²) in [5, 5.41) is 3.68. The van der Waals surface area contributed by atoms with Gasteiger partial charge in [-0.3, -0.25) is 4.79 Å². The van der Waals surface area contributed by atoms with E-state index >= 15 is 0 Å². The second-order valence-corrected chi connectivity index (χ2v) is 4.30. The predicted molar refractivity (Wildman–Crippen MR) is 70.8 cm³/mol. The summed E-state index contributed by atoms with van der Waals surface area (Å²) in [4.78, 5) is 11.1. The molecule has 0 fully saturated rings. The zero-order valence-corrected chi connectivity index (χ0v) is 11.1. The fourth-order valence-corrected chi connectivity index (χ4v) is 2.03. The number of nitrogens with one attached hydrogen (secondary N) is 1. The summed E-state index contributed by atoms with van der Waals surface area (Å²) in [5.74, 6) is -0.397. The number of carbonyl (C=O) groups is 1. The molecule has 1 rings (SSSR count). The van der Waals surface area contributed by atoms with Gasteiger partial charge in [0.1, 0.15) is 10.6 Å². The topological polar surface area (TPSA) is 112 Å². The lowest BCUT2D eigenvalue weighted by molar-refractivity contribution is 0.0705. The molecule has 102 valence electrons. The van der Waals surface area contributed by atoms with Crippen LogP contribution in [-0.4, -0.2) is 43.8 Å². The van der Waals surface area contributed by atoms with Crippen LogP contribution in [0.4, 0.5) is 10.8 Å². The van der Waals surface area contributed by atoms with Crippen molar-refractivity contribution in [2.45, 2.75) is 6.42 Å². The normalized spacial score (nSPS) is 10.5. The Morgan fingerprint density at radius 1 is 1.44 bits per heavy atom. The lowest BCUT2D eigenvalue weighted by atomic mass is 10.3. The average molecular weight is 274 g/mol. The highest BCUT2D eigenvalue weighted by Crippen LogP contribution is 2.25. The predicted octanol–water partition coefficient (Wildman–Crippen LogP) is 0.289. The van der Waals surface area contributed by atoms with E-state index < -0.39 is 5.91 Å². The Labute approximate surface area is 110 Å². The molecule has 0 radical (unpaired) electrons. The van der Waals surface area contributed by atoms with Gasteiger partial charge in [0.15, 0.2) is 5.82 Å². The molecule has 8 heteroatoms. The molecule has 0 spiro atoms. The maximum atomic E-state index is 11.1. The van der Waals surface area contributed by atoms with Crippen molar-refractivity contribution < 1.29 is 14.3 Å². The SMILES string of the molecule is COCCOCCCNc1snc(N)c1C(N)=O. The minimum atomic E-state index is -0.569. The Morgan fingerprint density at radius 3 is 2.89 bits per heavy atom. The number of nitrogens with zero attached hydrogens (tertiary/aromatic N) is 1. The summed E-state index contributed by atoms with van der Waals surface area (Å²) in [6.07, 6.45) is 0.805. The first-order chi connectivity index (χ1) is 8.66. The third-order valence-corrected chi connectivity index (χ3v) is 2.97. The number of nitrogen functional groups attached to an aromatic ring is 1. The first-order valence-electron chi connectivity index (χ1n) is 5.52. The number of amides is 1. The summed E-state index contributed by atoms with van der Waals surface area (Å²) < 4.78 is 14.0. The summed E-state index contributed by atoms with van der Waals surface area (Å²) in [5.41, 5.74) is 11.0. The Bertz CT molecular complexity index is 383. The van der Waals surface area contributed by atoms with Gasteiger partial charge in [-0.25, -0.2) is 0 Å². The van der Waals surface area contributed by atoms with E-state index in [2.05, 4.69) is 9.69 Å². The lowest BCUT2D eigenvalue weighted by Crippen LogP contribution is -2.15. The number of rotatable bonds is 9. The van der Waals surface area contributed by atoms with E-state index in [4.69, 9.17) is 20.9 Å². The molecule has 0 unspecified atom stereocenters. The molecule has 7 nitrogen and oxygen atoms in total. The Morgan fingerprint density at radius 2 is 2.22 bits per heavy atom. The molecule has 18 heavy (non-hydrogen) atoms. The first kappa shape index (κ1) is 14.7. The second-order valence-electron chi connectivity index (χ2n) is 3.52. The van der Waals surface area contributed by atoms with Gasteiger partial charge in [-0.05, 0) is 18.0 Å². The van der Waals surface area contributed by atoms with Crippen molar-refractivity contribution in [3.8, 4) is 0 Å². The molecule has 0 bridgehead atoms. The molecule has 0 atom stereocenters. The Balaban J connectivity index is 2.25. The van der Waals surface area contributed by atoms with Crippen molar-refractivity contribution in [2.75, 3.05) is 44.5 Å². The van der Waals surface area contributed by atoms with E-state index in [1.807, 2.05) is 0 Å². The molecule has 1 amide bonds. The van der Waals surface area contributed by atoms with Gasteiger partial charge in [-0.15, -0.1) is 0 Å². The van der Waals surface area contributed by atoms with Crippen LogP contribution in [-0.2, 0) is 9.47 Å². The number of anilines is 2. The molecule has 5 N–H and O–H groups in total. The standard InChI is InChI=1S/C10H18N4O3S/c1-16-5-6-17-4-2-3-13-10-7(9(12)15)8(11)14-18-10/h13H,2-6H2,1H3,(H2,11,14)(H2,12,15). The number of carbonyl (C=O) groups excluding carboxylic acids is 1. The van der Waals surface area contributed by atoms with Gasteiger partial charge in [-0.2, -0.15) is 4.37 Å². The van der Waals surface area contributed by atoms with Crippen molar-refractivity contribution in [2.24, 2.45) is 5.73 Å². The van der Waals surface area contributed by atoms with Gasteiger partial charge in [-0.1, -0.05) is 0 Å². The van der Waals surface area contributed by atoms with Crippen molar-refractivity contribution >= 4 is 28.3 Å². The van der Waals surface area contributed by atoms with Crippen LogP contribution >= 0.6 is 11.5 Å². The first-order valence-corrected chi connectivity index (χ1v) is 6.29. The molecule has 0 aliphatic rings. The maximum Gasteiger partial charge on any atom is 0.255 e. The average Bonchev–Trinajstić information content (AvgIpc) is 2.69. The van der Waals surface area contributed by atoms with Gasteiger partial charge in [0, 0.05) is 20.3 Å². The van der Waals surface area contributed by atoms with E-state index in [0.29, 0.717) is 31.4 Å². The molecular formula is C10H18N4O3S. The maximum absolute atomic E-state index is 11.1. The van der Waals surface area contributed by atoms with Crippen LogP contribution in [0.1, 0.15) is 16.8 Å². The number of nitrogens with two attached hydrogens (primary N) is 2. The molecule has 0 aromatic carbocycles. The highest BCUT2D eigenvalue weighted by atomic mass is 32.1. The number of hydrogen-bond donors (Lipinski definition) is 3. The molecule has 1 heterocycles. The van der Waals surface area contributed by atoms with Crippen molar-refractivity contribution in [3.63, 3.8) is 0 Å². The van der Waals surface area contributed by atoms with Crippen LogP contribution in [0, 0.1) is 0 Å². The van der Waals surface area contributed by atoms with Crippen LogP contribution in [0.15, 0.2) is 0 Å². The fraction of sp³-hybridized carbons (Fsp3) is 0.600. The Kier molecular flexibility index (Phi) is 6.40. The summed E-state index contributed by atoms with van der Waals surface area (Å²) in [6.45, 7) is 2.45. The monoisotopic (exact) mass is 274 g/mol. The van der Waals surface area contributed by atoms with Crippen LogP contribution < -0.4 is 16.8 Å². The lowest BCUT2D eigenvalue weighted by Gasteiger charge is -2.06. The quantitative estimate of drug-likeness (QED) is 0.558. The van der Waals surface area contributed by atoms with Gasteiger partial charge in [0.2, 0.25) is 0 Å². The van der Waals surface area contributed by atoms with Crippen LogP contribution in [0.3, 0.4) is 0 Å². The number of ether oxygens (including phenoxy) is 2. The zero-order valence-electron chi connectivity index (χ0n) is 10.3. The third-order valence-electron chi connectivity index (χ3n) is 2.15. The van der Waals surface area contributed by atoms with Crippen LogP contribution in [0.2, 0.25) is 0 Å². The van der Waals surface area contributed by atoms with E-state index in [1.165, 1.54) is 0 Å². The van der Waals surface area contributed by atoms with Crippen LogP contribution in [0.25, 0.3) is 0 Å². The summed E-state index contributed by atoms with van der Waals surface area (Å²) in [7, 11) is 1.63. The van der Waals surface area contributed by atoms with E-state index in [-0.39, 0.29) is 11.4 Å². The Hall–Kier alpha value is -1.38. The van der Waals surface area contributed by atoms with Crippen molar-refractivity contribution in [1.82, 2.24) is 4.37 Å². The van der Waals surface area contributed by atoms with Gasteiger partial charge in [0.25, 0.3) is 5.91 Å². The largest absolute Gasteiger partial charge is 0.382 e. The molecule has 0 saturated carbocycles. The molecule has 0 aliphatic carbocycles. The second kappa shape index (κ2) is 7.85. The highest BCUT2D eigenvalue weighted by Gasteiger charge is 2.15. The molecule has 1 aromatic heterocycles. The molecule has 0 aliphatic heterocycles. The van der Waals surface area contributed by atoms with Gasteiger partial charge >= 0.3 is 0 Å². The van der Waals surface area contributed by atoms with Crippen molar-refractivity contribution in [1.29, 1.82) is 0 Å². The molecular weight excluding hydrogens is 256 g/mol. The zero-order chi connectivity index (χ0) is 13.4. The van der Waals surface area contributed by atoms with Gasteiger partial charge < -0.3 is 26.3 Å². The number of hydrogen-bond acceptors (Lipinski definition) is 7. The van der Waals surface area contributed by atoms with Gasteiger partial charge in [0.05, 0.1) is 13.2 Å².